The number of hydrogen-bond acceptors (Lipinski definition) is 8. The summed E-state index contributed by atoms with van der Waals surface area (Å²) >= 11 is 1.59. The smallest absolute Gasteiger partial charge is 0.326 e. The van der Waals surface area contributed by atoms with E-state index in [0.717, 1.165) is 27.2 Å². The zero-order valence-electron chi connectivity index (χ0n) is 21.0. The molecule has 0 aliphatic carbocycles. The average molecular weight is 524 g/mol. The lowest BCUT2D eigenvalue weighted by molar-refractivity contribution is -0.384. The Labute approximate surface area is 219 Å². The van der Waals surface area contributed by atoms with E-state index in [2.05, 4.69) is 5.32 Å². The number of nitro groups is 1. The summed E-state index contributed by atoms with van der Waals surface area (Å²) in [6.07, 6.45) is 0.0908. The first-order chi connectivity index (χ1) is 17.6. The number of anilines is 4. The Bertz CT molecular complexity index is 1290. The first kappa shape index (κ1) is 26.1. The third-order valence-electron chi connectivity index (χ3n) is 6.12. The second kappa shape index (κ2) is 10.6. The van der Waals surface area contributed by atoms with Crippen LogP contribution in [0, 0.1) is 10.1 Å². The first-order valence-electron chi connectivity index (χ1n) is 11.6. The largest absolute Gasteiger partial charge is 0.507 e. The Hall–Kier alpha value is -3.96. The summed E-state index contributed by atoms with van der Waals surface area (Å²) in [6, 6.07) is 14.3. The normalized spacial score (nSPS) is 12.8. The number of aliphatic hydroxyl groups excluding tert-OH is 1. The van der Waals surface area contributed by atoms with E-state index in [4.69, 9.17) is 0 Å². The molecule has 11 heteroatoms. The highest BCUT2D eigenvalue weighted by molar-refractivity contribution is 7.99. The molecule has 4 rings (SSSR count). The number of benzene rings is 3. The summed E-state index contributed by atoms with van der Waals surface area (Å²) in [5.41, 5.74) is 3.58. The maximum absolute atomic E-state index is 13.7. The fourth-order valence-electron chi connectivity index (χ4n) is 4.07. The molecule has 0 unspecified atom stereocenters. The zero-order chi connectivity index (χ0) is 26.9. The van der Waals surface area contributed by atoms with E-state index < -0.39 is 17.0 Å². The maximum atomic E-state index is 13.7. The summed E-state index contributed by atoms with van der Waals surface area (Å²) < 4.78 is 0. The number of amides is 2. The quantitative estimate of drug-likeness (QED) is 0.309. The molecule has 0 bridgehead atoms. The summed E-state index contributed by atoms with van der Waals surface area (Å²) in [6.45, 7) is -0.385. The Balaban J connectivity index is 1.66. The molecule has 3 aromatic carbocycles. The van der Waals surface area contributed by atoms with Gasteiger partial charge < -0.3 is 25.3 Å². The van der Waals surface area contributed by atoms with Crippen LogP contribution in [0.15, 0.2) is 64.4 Å². The summed E-state index contributed by atoms with van der Waals surface area (Å²) in [7, 11) is 7.82. The van der Waals surface area contributed by atoms with E-state index >= 15 is 0 Å². The van der Waals surface area contributed by atoms with Crippen LogP contribution in [0.5, 0.6) is 5.75 Å². The van der Waals surface area contributed by atoms with Crippen molar-refractivity contribution in [2.24, 2.45) is 0 Å². The van der Waals surface area contributed by atoms with Crippen molar-refractivity contribution in [3.63, 3.8) is 0 Å². The van der Waals surface area contributed by atoms with Crippen molar-refractivity contribution in [2.75, 3.05) is 49.5 Å². The van der Waals surface area contributed by atoms with Crippen molar-refractivity contribution in [3.8, 4) is 5.75 Å². The monoisotopic (exact) mass is 523 g/mol. The van der Waals surface area contributed by atoms with Gasteiger partial charge in [0.1, 0.15) is 5.75 Å². The summed E-state index contributed by atoms with van der Waals surface area (Å²) in [5.74, 6) is -0.264. The van der Waals surface area contributed by atoms with Crippen LogP contribution in [0.1, 0.15) is 5.56 Å². The molecule has 10 nitrogen and oxygen atoms in total. The molecule has 0 fully saturated rings. The van der Waals surface area contributed by atoms with E-state index in [1.54, 1.807) is 16.7 Å². The number of nitro benzene ring substituents is 1. The standard InChI is InChI=1S/C26H29N5O5S/c1-28(2)18-7-9-21-24(13-18)37-25-14-19(29(3)4)8-10-22(25)30(21)26(34)27-17(15-32)11-16-5-6-20(31(35)36)12-23(16)33/h5-10,12-14,17,32-33H,11,15H2,1-4H3,(H,27,34)/t17-/m1/s1. The van der Waals surface area contributed by atoms with Crippen LogP contribution in [0.2, 0.25) is 0 Å². The molecule has 1 aliphatic rings. The third kappa shape index (κ3) is 5.42. The summed E-state index contributed by atoms with van der Waals surface area (Å²) in [5, 5.41) is 34.1. The molecule has 1 atom stereocenters. The molecule has 0 spiro atoms. The van der Waals surface area contributed by atoms with Crippen molar-refractivity contribution in [3.05, 3.63) is 70.3 Å². The fraction of sp³-hybridized carbons (Fsp3) is 0.269. The van der Waals surface area contributed by atoms with Gasteiger partial charge in [-0.25, -0.2) is 4.79 Å². The lowest BCUT2D eigenvalue weighted by Crippen LogP contribution is -2.46. The lowest BCUT2D eigenvalue weighted by Gasteiger charge is -2.33. The topological polar surface area (TPSA) is 122 Å². The Morgan fingerprint density at radius 2 is 1.57 bits per heavy atom. The number of aliphatic hydroxyl groups is 1. The number of carbonyl (C=O) groups is 1. The first-order valence-corrected chi connectivity index (χ1v) is 12.4. The van der Waals surface area contributed by atoms with E-state index in [1.165, 1.54) is 12.1 Å². The van der Waals surface area contributed by atoms with Gasteiger partial charge in [0, 0.05) is 55.4 Å². The van der Waals surface area contributed by atoms with Gasteiger partial charge in [-0.2, -0.15) is 0 Å². The van der Waals surface area contributed by atoms with Crippen LogP contribution in [-0.2, 0) is 6.42 Å². The van der Waals surface area contributed by atoms with Gasteiger partial charge in [-0.05, 0) is 54.4 Å². The van der Waals surface area contributed by atoms with E-state index in [1.807, 2.05) is 74.4 Å². The summed E-state index contributed by atoms with van der Waals surface area (Å²) in [4.78, 5) is 31.5. The van der Waals surface area contributed by atoms with Gasteiger partial charge >= 0.3 is 6.03 Å². The van der Waals surface area contributed by atoms with Gasteiger partial charge in [0.15, 0.2) is 0 Å². The fourth-order valence-corrected chi connectivity index (χ4v) is 5.19. The number of phenolic OH excluding ortho intramolecular Hbond substituents is 1. The van der Waals surface area contributed by atoms with Crippen LogP contribution in [0.25, 0.3) is 0 Å². The van der Waals surface area contributed by atoms with Crippen molar-refractivity contribution in [1.29, 1.82) is 0 Å². The van der Waals surface area contributed by atoms with Gasteiger partial charge in [-0.1, -0.05) is 11.8 Å². The Morgan fingerprint density at radius 3 is 2.03 bits per heavy atom. The number of nitrogens with zero attached hydrogens (tertiary/aromatic N) is 4. The van der Waals surface area contributed by atoms with Crippen LogP contribution >= 0.6 is 11.8 Å². The SMILES string of the molecule is CN(C)c1ccc2c(c1)Sc1cc(N(C)C)ccc1N2C(=O)N[C@@H](CO)Cc1ccc([N+](=O)[O-])cc1O. The molecule has 0 saturated carbocycles. The minimum atomic E-state index is -0.733. The number of aromatic hydroxyl groups is 1. The lowest BCUT2D eigenvalue weighted by atomic mass is 10.0. The van der Waals surface area contributed by atoms with Gasteiger partial charge in [0.2, 0.25) is 0 Å². The molecule has 0 radical (unpaired) electrons. The number of phenols is 1. The van der Waals surface area contributed by atoms with E-state index in [0.29, 0.717) is 16.9 Å². The predicted octanol–water partition coefficient (Wildman–Crippen LogP) is 4.35. The van der Waals surface area contributed by atoms with Crippen LogP contribution in [0.4, 0.5) is 33.2 Å². The highest BCUT2D eigenvalue weighted by Gasteiger charge is 2.30. The maximum Gasteiger partial charge on any atom is 0.326 e. The van der Waals surface area contributed by atoms with Crippen LogP contribution in [-0.4, -0.2) is 62.0 Å². The van der Waals surface area contributed by atoms with Crippen molar-refractivity contribution in [1.82, 2.24) is 5.32 Å². The van der Waals surface area contributed by atoms with Crippen molar-refractivity contribution in [2.45, 2.75) is 22.3 Å². The minimum absolute atomic E-state index is 0.0908. The van der Waals surface area contributed by atoms with Gasteiger partial charge in [-0.15, -0.1) is 0 Å². The van der Waals surface area contributed by atoms with Gasteiger partial charge in [-0.3, -0.25) is 15.0 Å². The van der Waals surface area contributed by atoms with Gasteiger partial charge in [0.25, 0.3) is 5.69 Å². The van der Waals surface area contributed by atoms with Crippen molar-refractivity contribution >= 4 is 46.2 Å². The highest BCUT2D eigenvalue weighted by atomic mass is 32.2. The Kier molecular flexibility index (Phi) is 7.46. The number of non-ortho nitro benzene ring substituents is 1. The molecule has 3 N–H and O–H groups in total. The number of hydrogen-bond donors (Lipinski definition) is 3. The highest BCUT2D eigenvalue weighted by Crippen LogP contribution is 2.50. The van der Waals surface area contributed by atoms with Gasteiger partial charge in [0.05, 0.1) is 35.0 Å². The molecule has 2 amide bonds. The number of carbonyl (C=O) groups excluding carboxylic acids is 1. The molecule has 1 aliphatic heterocycles. The molecule has 0 saturated heterocycles. The third-order valence-corrected chi connectivity index (χ3v) is 7.21. The van der Waals surface area contributed by atoms with Crippen molar-refractivity contribution < 1.29 is 19.9 Å². The second-order valence-corrected chi connectivity index (χ2v) is 10.2. The molecule has 1 heterocycles. The number of urea groups is 1. The minimum Gasteiger partial charge on any atom is -0.507 e. The molecular weight excluding hydrogens is 494 g/mol. The number of fused-ring (bicyclic) bond motifs is 2. The second-order valence-electron chi connectivity index (χ2n) is 9.13. The molecular formula is C26H29N5O5S. The van der Waals surface area contributed by atoms with E-state index in [9.17, 15) is 25.1 Å². The predicted molar refractivity (Wildman–Crippen MR) is 146 cm³/mol. The molecule has 37 heavy (non-hydrogen) atoms. The number of rotatable bonds is 7. The average Bonchev–Trinajstić information content (AvgIpc) is 2.86. The number of nitrogens with one attached hydrogen (secondary N) is 1. The zero-order valence-corrected chi connectivity index (χ0v) is 21.8. The van der Waals surface area contributed by atoms with Crippen LogP contribution in [0.3, 0.4) is 0 Å². The Morgan fingerprint density at radius 1 is 1.00 bits per heavy atom. The van der Waals surface area contributed by atoms with Crippen LogP contribution < -0.4 is 20.0 Å². The molecule has 194 valence electrons. The van der Waals surface area contributed by atoms with E-state index in [-0.39, 0.29) is 24.5 Å². The molecule has 0 aromatic heterocycles. The molecule has 3 aromatic rings.